The number of halogens is 1. The highest BCUT2D eigenvalue weighted by Crippen LogP contribution is 2.29. The monoisotopic (exact) mass is 250 g/mol. The summed E-state index contributed by atoms with van der Waals surface area (Å²) in [6, 6.07) is 4.22. The van der Waals surface area contributed by atoms with Gasteiger partial charge < -0.3 is 0 Å². The normalized spacial score (nSPS) is 22.1. The van der Waals surface area contributed by atoms with Gasteiger partial charge in [-0.15, -0.1) is 0 Å². The SMILES string of the molecule is CN1CCCCC1c1cc(Cl)n2nccc2n1. The van der Waals surface area contributed by atoms with Crippen molar-refractivity contribution in [3.05, 3.63) is 29.2 Å². The maximum absolute atomic E-state index is 6.21. The highest BCUT2D eigenvalue weighted by molar-refractivity contribution is 6.29. The minimum atomic E-state index is 0.390. The van der Waals surface area contributed by atoms with Crippen LogP contribution in [0.15, 0.2) is 18.3 Å². The van der Waals surface area contributed by atoms with Crippen molar-refractivity contribution in [2.75, 3.05) is 13.6 Å². The Hall–Kier alpha value is -1.13. The van der Waals surface area contributed by atoms with Crippen molar-refractivity contribution in [3.8, 4) is 0 Å². The van der Waals surface area contributed by atoms with Gasteiger partial charge in [-0.3, -0.25) is 4.90 Å². The Balaban J connectivity index is 2.04. The summed E-state index contributed by atoms with van der Waals surface area (Å²) in [5.74, 6) is 0. The lowest BCUT2D eigenvalue weighted by Crippen LogP contribution is -2.30. The van der Waals surface area contributed by atoms with Gasteiger partial charge in [0.15, 0.2) is 5.65 Å². The van der Waals surface area contributed by atoms with Gasteiger partial charge >= 0.3 is 0 Å². The number of fused-ring (bicyclic) bond motifs is 1. The van der Waals surface area contributed by atoms with Crippen LogP contribution in [0.3, 0.4) is 0 Å². The summed E-state index contributed by atoms with van der Waals surface area (Å²) in [4.78, 5) is 7.00. The Morgan fingerprint density at radius 1 is 1.41 bits per heavy atom. The second-order valence-electron chi connectivity index (χ2n) is 4.60. The van der Waals surface area contributed by atoms with E-state index in [9.17, 15) is 0 Å². The summed E-state index contributed by atoms with van der Waals surface area (Å²) in [5, 5.41) is 4.77. The number of aromatic nitrogens is 3. The fourth-order valence-electron chi connectivity index (χ4n) is 2.51. The second kappa shape index (κ2) is 4.27. The lowest BCUT2D eigenvalue weighted by atomic mass is 10.00. The molecular formula is C12H15ClN4. The standard InChI is InChI=1S/C12H15ClN4/c1-16-7-3-2-4-10(16)9-8-11(13)17-12(15-9)5-6-14-17/h5-6,8,10H,2-4,7H2,1H3. The van der Waals surface area contributed by atoms with Crippen LogP contribution in [0.5, 0.6) is 0 Å². The van der Waals surface area contributed by atoms with Gasteiger partial charge in [0.2, 0.25) is 0 Å². The van der Waals surface area contributed by atoms with Crippen LogP contribution < -0.4 is 0 Å². The first-order valence-corrected chi connectivity index (χ1v) is 6.34. The first-order valence-electron chi connectivity index (χ1n) is 5.96. The smallest absolute Gasteiger partial charge is 0.156 e. The molecule has 1 aliphatic heterocycles. The van der Waals surface area contributed by atoms with Crippen LogP contribution in [-0.2, 0) is 0 Å². The van der Waals surface area contributed by atoms with Gasteiger partial charge in [-0.2, -0.15) is 5.10 Å². The molecule has 2 aromatic rings. The average molecular weight is 251 g/mol. The summed E-state index contributed by atoms with van der Waals surface area (Å²) >= 11 is 6.21. The molecule has 17 heavy (non-hydrogen) atoms. The third kappa shape index (κ3) is 1.91. The summed E-state index contributed by atoms with van der Waals surface area (Å²) < 4.78 is 1.66. The van der Waals surface area contributed by atoms with Gasteiger partial charge in [-0.1, -0.05) is 18.0 Å². The molecule has 5 heteroatoms. The van der Waals surface area contributed by atoms with Crippen molar-refractivity contribution in [2.24, 2.45) is 0 Å². The van der Waals surface area contributed by atoms with E-state index in [0.717, 1.165) is 24.3 Å². The van der Waals surface area contributed by atoms with Crippen molar-refractivity contribution < 1.29 is 0 Å². The van der Waals surface area contributed by atoms with Gasteiger partial charge in [0.1, 0.15) is 5.15 Å². The largest absolute Gasteiger partial charge is 0.298 e. The Bertz CT molecular complexity index is 536. The van der Waals surface area contributed by atoms with Crippen LogP contribution in [0.25, 0.3) is 5.65 Å². The lowest BCUT2D eigenvalue weighted by Gasteiger charge is -2.32. The fourth-order valence-corrected chi connectivity index (χ4v) is 2.75. The van der Waals surface area contributed by atoms with Crippen LogP contribution in [0.1, 0.15) is 31.0 Å². The first-order chi connectivity index (χ1) is 8.25. The number of piperidine rings is 1. The molecule has 0 aliphatic carbocycles. The van der Waals surface area contributed by atoms with E-state index in [4.69, 9.17) is 11.6 Å². The van der Waals surface area contributed by atoms with Crippen LogP contribution >= 0.6 is 11.6 Å². The summed E-state index contributed by atoms with van der Waals surface area (Å²) in [6.07, 6.45) is 5.42. The number of rotatable bonds is 1. The maximum Gasteiger partial charge on any atom is 0.156 e. The maximum atomic E-state index is 6.21. The van der Waals surface area contributed by atoms with Crippen molar-refractivity contribution in [1.29, 1.82) is 0 Å². The summed E-state index contributed by atoms with van der Waals surface area (Å²) in [7, 11) is 2.15. The van der Waals surface area contributed by atoms with Gasteiger partial charge in [0.25, 0.3) is 0 Å². The van der Waals surface area contributed by atoms with Crippen molar-refractivity contribution in [2.45, 2.75) is 25.3 Å². The van der Waals surface area contributed by atoms with E-state index in [1.54, 1.807) is 10.7 Å². The van der Waals surface area contributed by atoms with Gasteiger partial charge in [0, 0.05) is 6.07 Å². The highest BCUT2D eigenvalue weighted by Gasteiger charge is 2.22. The van der Waals surface area contributed by atoms with Crippen LogP contribution in [0, 0.1) is 0 Å². The van der Waals surface area contributed by atoms with E-state index in [1.807, 2.05) is 12.1 Å². The molecule has 1 aliphatic rings. The zero-order valence-electron chi connectivity index (χ0n) is 9.80. The van der Waals surface area contributed by atoms with E-state index < -0.39 is 0 Å². The molecule has 0 spiro atoms. The third-order valence-electron chi connectivity index (χ3n) is 3.45. The number of likely N-dealkylation sites (tertiary alicyclic amines) is 1. The zero-order chi connectivity index (χ0) is 11.8. The minimum Gasteiger partial charge on any atom is -0.298 e. The minimum absolute atomic E-state index is 0.390. The molecule has 0 aromatic carbocycles. The fraction of sp³-hybridized carbons (Fsp3) is 0.500. The molecule has 1 unspecified atom stereocenters. The second-order valence-corrected chi connectivity index (χ2v) is 4.98. The molecule has 0 N–H and O–H groups in total. The van der Waals surface area contributed by atoms with E-state index in [0.29, 0.717) is 11.2 Å². The van der Waals surface area contributed by atoms with E-state index in [2.05, 4.69) is 22.0 Å². The van der Waals surface area contributed by atoms with E-state index in [-0.39, 0.29) is 0 Å². The van der Waals surface area contributed by atoms with Crippen LogP contribution in [0.4, 0.5) is 0 Å². The molecule has 3 heterocycles. The molecule has 1 atom stereocenters. The summed E-state index contributed by atoms with van der Waals surface area (Å²) in [6.45, 7) is 1.13. The van der Waals surface area contributed by atoms with Crippen LogP contribution in [0.2, 0.25) is 5.15 Å². The van der Waals surface area contributed by atoms with Gasteiger partial charge in [0.05, 0.1) is 17.9 Å². The molecular weight excluding hydrogens is 236 g/mol. The topological polar surface area (TPSA) is 33.4 Å². The van der Waals surface area contributed by atoms with Crippen molar-refractivity contribution in [1.82, 2.24) is 19.5 Å². The Morgan fingerprint density at radius 3 is 3.12 bits per heavy atom. The molecule has 0 amide bonds. The molecule has 0 bridgehead atoms. The lowest BCUT2D eigenvalue weighted by molar-refractivity contribution is 0.184. The predicted octanol–water partition coefficient (Wildman–Crippen LogP) is 2.54. The van der Waals surface area contributed by atoms with E-state index >= 15 is 0 Å². The Labute approximate surface area is 105 Å². The first kappa shape index (κ1) is 11.0. The van der Waals surface area contributed by atoms with E-state index in [1.165, 1.54) is 12.8 Å². The van der Waals surface area contributed by atoms with Gasteiger partial charge in [-0.25, -0.2) is 9.50 Å². The molecule has 1 saturated heterocycles. The molecule has 0 saturated carbocycles. The molecule has 1 fully saturated rings. The Morgan fingerprint density at radius 2 is 2.29 bits per heavy atom. The quantitative estimate of drug-likeness (QED) is 0.730. The zero-order valence-corrected chi connectivity index (χ0v) is 10.6. The number of hydrogen-bond acceptors (Lipinski definition) is 3. The molecule has 0 radical (unpaired) electrons. The molecule has 2 aromatic heterocycles. The highest BCUT2D eigenvalue weighted by atomic mass is 35.5. The average Bonchev–Trinajstić information content (AvgIpc) is 2.78. The van der Waals surface area contributed by atoms with Crippen molar-refractivity contribution >= 4 is 17.2 Å². The molecule has 3 rings (SSSR count). The number of nitrogens with zero attached hydrogens (tertiary/aromatic N) is 4. The van der Waals surface area contributed by atoms with Gasteiger partial charge in [-0.05, 0) is 32.5 Å². The van der Waals surface area contributed by atoms with Crippen LogP contribution in [-0.4, -0.2) is 33.1 Å². The third-order valence-corrected chi connectivity index (χ3v) is 3.72. The summed E-state index contributed by atoms with van der Waals surface area (Å²) in [5.41, 5.74) is 1.89. The van der Waals surface area contributed by atoms with Crippen molar-refractivity contribution in [3.63, 3.8) is 0 Å². The predicted molar refractivity (Wildman–Crippen MR) is 67.2 cm³/mol. The number of hydrogen-bond donors (Lipinski definition) is 0. The molecule has 90 valence electrons. The Kier molecular flexibility index (Phi) is 2.76. The molecule has 4 nitrogen and oxygen atoms in total.